The molecule has 0 N–H and O–H groups in total. The highest BCUT2D eigenvalue weighted by atomic mass is 32.2. The fraction of sp³-hybridized carbons (Fsp3) is 0.500. The third-order valence-corrected chi connectivity index (χ3v) is 5.97. The average molecular weight is 343 g/mol. The summed E-state index contributed by atoms with van der Waals surface area (Å²) in [6.07, 6.45) is 1.90. The summed E-state index contributed by atoms with van der Waals surface area (Å²) in [6.45, 7) is 4.83. The second-order valence-electron chi connectivity index (χ2n) is 6.74. The topological polar surface area (TPSA) is 59.2 Å². The Hall–Kier alpha value is -1.82. The summed E-state index contributed by atoms with van der Waals surface area (Å²) in [5.74, 6) is 2.48. The van der Waals surface area contributed by atoms with Gasteiger partial charge >= 0.3 is 0 Å². The lowest BCUT2D eigenvalue weighted by atomic mass is 9.99. The Morgan fingerprint density at radius 3 is 3.00 bits per heavy atom. The molecule has 4 rings (SSSR count). The van der Waals surface area contributed by atoms with Gasteiger partial charge in [0.25, 0.3) is 0 Å². The van der Waals surface area contributed by atoms with Crippen LogP contribution in [-0.2, 0) is 4.79 Å². The third kappa shape index (κ3) is 2.62. The molecule has 6 heteroatoms. The van der Waals surface area contributed by atoms with Crippen LogP contribution in [0.3, 0.4) is 0 Å². The van der Waals surface area contributed by atoms with Crippen molar-refractivity contribution >= 4 is 17.7 Å². The van der Waals surface area contributed by atoms with Gasteiger partial charge in [0.1, 0.15) is 0 Å². The number of rotatable bonds is 3. The molecule has 3 heterocycles. The van der Waals surface area contributed by atoms with Crippen LogP contribution in [0.4, 0.5) is 0 Å². The minimum absolute atomic E-state index is 0.0495. The van der Waals surface area contributed by atoms with Crippen LogP contribution in [0.25, 0.3) is 0 Å². The summed E-state index contributed by atoms with van der Waals surface area (Å²) in [5.41, 5.74) is 1.16. The molecule has 1 fully saturated rings. The molecule has 126 valence electrons. The number of carbonyl (C=O) groups is 1. The summed E-state index contributed by atoms with van der Waals surface area (Å²) in [7, 11) is 0. The van der Waals surface area contributed by atoms with E-state index in [0.717, 1.165) is 30.7 Å². The van der Waals surface area contributed by atoms with Gasteiger partial charge in [-0.15, -0.1) is 11.8 Å². The highest BCUT2D eigenvalue weighted by molar-refractivity contribution is 7.99. The van der Waals surface area contributed by atoms with Crippen LogP contribution in [-0.4, -0.2) is 33.2 Å². The number of hydrogen-bond acceptors (Lipinski definition) is 5. The first-order valence-electron chi connectivity index (χ1n) is 8.51. The lowest BCUT2D eigenvalue weighted by molar-refractivity contribution is -0.133. The molecule has 5 nitrogen and oxygen atoms in total. The molecule has 0 unspecified atom stereocenters. The van der Waals surface area contributed by atoms with Crippen LogP contribution in [0, 0.1) is 0 Å². The molecule has 0 aliphatic carbocycles. The average Bonchev–Trinajstić information content (AvgIpc) is 3.31. The van der Waals surface area contributed by atoms with Gasteiger partial charge in [0, 0.05) is 23.1 Å². The zero-order valence-electron chi connectivity index (χ0n) is 13.9. The summed E-state index contributed by atoms with van der Waals surface area (Å²) < 4.78 is 5.35. The van der Waals surface area contributed by atoms with Crippen molar-refractivity contribution in [2.24, 2.45) is 0 Å². The van der Waals surface area contributed by atoms with Gasteiger partial charge < -0.3 is 9.42 Å². The lowest BCUT2D eigenvalue weighted by Crippen LogP contribution is -2.35. The maximum atomic E-state index is 13.2. The normalized spacial score (nSPS) is 23.0. The smallest absolute Gasteiger partial charge is 0.231 e. The highest BCUT2D eigenvalue weighted by Crippen LogP contribution is 2.42. The van der Waals surface area contributed by atoms with E-state index < -0.39 is 0 Å². The first-order valence-corrected chi connectivity index (χ1v) is 9.49. The number of nitrogens with zero attached hydrogens (tertiary/aromatic N) is 3. The minimum Gasteiger partial charge on any atom is -0.339 e. The van der Waals surface area contributed by atoms with Crippen LogP contribution >= 0.6 is 11.8 Å². The Morgan fingerprint density at radius 2 is 2.21 bits per heavy atom. The molecular formula is C18H21N3O2S. The van der Waals surface area contributed by atoms with Crippen LogP contribution in [0.2, 0.25) is 0 Å². The van der Waals surface area contributed by atoms with Crippen molar-refractivity contribution in [1.29, 1.82) is 0 Å². The predicted molar refractivity (Wildman–Crippen MR) is 92.0 cm³/mol. The molecule has 2 aliphatic rings. The molecule has 24 heavy (non-hydrogen) atoms. The lowest BCUT2D eigenvalue weighted by Gasteiger charge is -2.25. The van der Waals surface area contributed by atoms with Gasteiger partial charge in [-0.05, 0) is 24.5 Å². The Balaban J connectivity index is 1.57. The summed E-state index contributed by atoms with van der Waals surface area (Å²) in [4.78, 5) is 20.9. The van der Waals surface area contributed by atoms with Crippen LogP contribution in [0.1, 0.15) is 61.8 Å². The molecule has 0 bridgehead atoms. The zero-order valence-corrected chi connectivity index (χ0v) is 14.8. The number of fused-ring (bicyclic) bond motifs is 1. The molecule has 2 aliphatic heterocycles. The van der Waals surface area contributed by atoms with Crippen LogP contribution in [0.15, 0.2) is 33.7 Å². The van der Waals surface area contributed by atoms with Gasteiger partial charge in [-0.25, -0.2) is 0 Å². The van der Waals surface area contributed by atoms with Crippen molar-refractivity contribution in [3.05, 3.63) is 41.5 Å². The van der Waals surface area contributed by atoms with Gasteiger partial charge in [-0.2, -0.15) is 4.98 Å². The zero-order chi connectivity index (χ0) is 16.7. The standard InChI is InChI=1S/C18H21N3O2S/c1-11(2)17-19-16(20-23-17)14-7-5-9-21(14)18(22)13-10-24-15-8-4-3-6-12(13)15/h3-4,6,8,11,13-14H,5,7,9-10H2,1-2H3/t13-,14-/m1/s1. The first-order chi connectivity index (χ1) is 11.6. The van der Waals surface area contributed by atoms with Gasteiger partial charge in [0.2, 0.25) is 11.8 Å². The van der Waals surface area contributed by atoms with E-state index in [4.69, 9.17) is 4.52 Å². The van der Waals surface area contributed by atoms with Crippen molar-refractivity contribution < 1.29 is 9.32 Å². The molecule has 1 aromatic heterocycles. The molecule has 1 amide bonds. The second kappa shape index (κ2) is 6.24. The van der Waals surface area contributed by atoms with E-state index in [-0.39, 0.29) is 23.8 Å². The van der Waals surface area contributed by atoms with E-state index in [1.165, 1.54) is 4.90 Å². The van der Waals surface area contributed by atoms with Gasteiger partial charge in [-0.3, -0.25) is 4.79 Å². The number of thioether (sulfide) groups is 1. The van der Waals surface area contributed by atoms with E-state index >= 15 is 0 Å². The maximum absolute atomic E-state index is 13.2. The largest absolute Gasteiger partial charge is 0.339 e. The molecule has 1 saturated heterocycles. The number of likely N-dealkylation sites (tertiary alicyclic amines) is 1. The fourth-order valence-corrected chi connectivity index (χ4v) is 4.70. The van der Waals surface area contributed by atoms with Crippen molar-refractivity contribution in [2.45, 2.75) is 49.5 Å². The minimum atomic E-state index is -0.0525. The van der Waals surface area contributed by atoms with Gasteiger partial charge in [0.05, 0.1) is 12.0 Å². The fourth-order valence-electron chi connectivity index (χ4n) is 3.48. The Morgan fingerprint density at radius 1 is 1.38 bits per heavy atom. The second-order valence-corrected chi connectivity index (χ2v) is 7.80. The van der Waals surface area contributed by atoms with Gasteiger partial charge in [-0.1, -0.05) is 37.2 Å². The number of amides is 1. The number of aromatic nitrogens is 2. The summed E-state index contributed by atoms with van der Waals surface area (Å²) in [5, 5.41) is 4.14. The molecule has 0 saturated carbocycles. The number of carbonyl (C=O) groups excluding carboxylic acids is 1. The van der Waals surface area contributed by atoms with Crippen molar-refractivity contribution in [1.82, 2.24) is 15.0 Å². The van der Waals surface area contributed by atoms with Crippen LogP contribution < -0.4 is 0 Å². The monoisotopic (exact) mass is 343 g/mol. The Labute approximate surface area is 145 Å². The maximum Gasteiger partial charge on any atom is 0.231 e. The molecule has 0 spiro atoms. The number of benzene rings is 1. The molecular weight excluding hydrogens is 322 g/mol. The third-order valence-electron chi connectivity index (χ3n) is 4.78. The van der Waals surface area contributed by atoms with Gasteiger partial charge in [0.15, 0.2) is 5.82 Å². The van der Waals surface area contributed by atoms with Crippen LogP contribution in [0.5, 0.6) is 0 Å². The predicted octanol–water partition coefficient (Wildman–Crippen LogP) is 3.75. The van der Waals surface area contributed by atoms with E-state index in [1.54, 1.807) is 11.8 Å². The van der Waals surface area contributed by atoms with E-state index in [9.17, 15) is 4.79 Å². The molecule has 2 aromatic rings. The summed E-state index contributed by atoms with van der Waals surface area (Å²) >= 11 is 1.77. The van der Waals surface area contributed by atoms with Crippen molar-refractivity contribution in [3.63, 3.8) is 0 Å². The van der Waals surface area contributed by atoms with Crippen molar-refractivity contribution in [3.8, 4) is 0 Å². The van der Waals surface area contributed by atoms with Crippen molar-refractivity contribution in [2.75, 3.05) is 12.3 Å². The van der Waals surface area contributed by atoms with E-state index in [1.807, 2.05) is 30.9 Å². The molecule has 2 atom stereocenters. The Kier molecular flexibility index (Phi) is 4.08. The molecule has 0 radical (unpaired) electrons. The SMILES string of the molecule is CC(C)c1nc([C@H]2CCCN2C(=O)[C@@H]2CSc3ccccc32)no1. The van der Waals surface area contributed by atoms with E-state index in [0.29, 0.717) is 11.7 Å². The quantitative estimate of drug-likeness (QED) is 0.849. The highest BCUT2D eigenvalue weighted by Gasteiger charge is 2.39. The molecule has 1 aromatic carbocycles. The summed E-state index contributed by atoms with van der Waals surface area (Å²) in [6, 6.07) is 8.17. The van der Waals surface area contributed by atoms with E-state index in [2.05, 4.69) is 22.3 Å². The first kappa shape index (κ1) is 15.7. The number of hydrogen-bond donors (Lipinski definition) is 0. The Bertz CT molecular complexity index is 758.